The van der Waals surface area contributed by atoms with Gasteiger partial charge < -0.3 is 15.7 Å². The topological polar surface area (TPSA) is 78.4 Å². The first-order valence-corrected chi connectivity index (χ1v) is 9.26. The smallest absolute Gasteiger partial charge is 0.313 e. The zero-order valence-corrected chi connectivity index (χ0v) is 15.2. The Morgan fingerprint density at radius 2 is 1.92 bits per heavy atom. The SMILES string of the molecule is CSc1cccc(NC(=O)C(=O)NCC[C@@H](O)c2cccc(Cl)c2)c1. The minimum atomic E-state index is -0.764. The molecule has 0 aliphatic rings. The van der Waals surface area contributed by atoms with Gasteiger partial charge in [0.15, 0.2) is 0 Å². The summed E-state index contributed by atoms with van der Waals surface area (Å²) >= 11 is 7.42. The molecule has 0 unspecified atom stereocenters. The van der Waals surface area contributed by atoms with Crippen LogP contribution in [0.1, 0.15) is 18.1 Å². The van der Waals surface area contributed by atoms with E-state index in [0.29, 0.717) is 16.3 Å². The van der Waals surface area contributed by atoms with Crippen LogP contribution in [0, 0.1) is 0 Å². The Labute approximate surface area is 155 Å². The van der Waals surface area contributed by atoms with E-state index in [9.17, 15) is 14.7 Å². The molecule has 0 radical (unpaired) electrons. The van der Waals surface area contributed by atoms with Gasteiger partial charge in [-0.2, -0.15) is 0 Å². The van der Waals surface area contributed by atoms with Crippen molar-refractivity contribution < 1.29 is 14.7 Å². The molecule has 0 saturated heterocycles. The second-order valence-electron chi connectivity index (χ2n) is 5.30. The fourth-order valence-corrected chi connectivity index (χ4v) is 2.83. The molecule has 0 spiro atoms. The first kappa shape index (κ1) is 19.3. The van der Waals surface area contributed by atoms with E-state index in [1.807, 2.05) is 12.3 Å². The molecule has 2 aromatic rings. The second-order valence-corrected chi connectivity index (χ2v) is 6.62. The first-order valence-electron chi connectivity index (χ1n) is 7.66. The summed E-state index contributed by atoms with van der Waals surface area (Å²) in [5.74, 6) is -1.48. The number of hydrogen-bond donors (Lipinski definition) is 3. The number of amides is 2. The molecule has 0 aliphatic heterocycles. The summed E-state index contributed by atoms with van der Waals surface area (Å²) in [6.07, 6.45) is 1.44. The predicted molar refractivity (Wildman–Crippen MR) is 101 cm³/mol. The van der Waals surface area contributed by atoms with Crippen molar-refractivity contribution in [3.63, 3.8) is 0 Å². The van der Waals surface area contributed by atoms with Gasteiger partial charge in [-0.25, -0.2) is 0 Å². The Hall–Kier alpha value is -2.02. The highest BCUT2D eigenvalue weighted by Gasteiger charge is 2.15. The van der Waals surface area contributed by atoms with Gasteiger partial charge in [0.2, 0.25) is 0 Å². The van der Waals surface area contributed by atoms with Crippen molar-refractivity contribution in [1.82, 2.24) is 5.32 Å². The molecule has 0 aliphatic carbocycles. The van der Waals surface area contributed by atoms with Crippen molar-refractivity contribution >= 4 is 40.9 Å². The number of anilines is 1. The molecular weight excluding hydrogens is 360 g/mol. The highest BCUT2D eigenvalue weighted by atomic mass is 35.5. The number of rotatable bonds is 6. The Kier molecular flexibility index (Phi) is 7.31. The van der Waals surface area contributed by atoms with E-state index in [0.717, 1.165) is 4.90 Å². The van der Waals surface area contributed by atoms with E-state index in [-0.39, 0.29) is 13.0 Å². The van der Waals surface area contributed by atoms with Crippen LogP contribution in [0.3, 0.4) is 0 Å². The monoisotopic (exact) mass is 378 g/mol. The number of aliphatic hydroxyl groups excluding tert-OH is 1. The highest BCUT2D eigenvalue weighted by Crippen LogP contribution is 2.20. The lowest BCUT2D eigenvalue weighted by molar-refractivity contribution is -0.136. The van der Waals surface area contributed by atoms with Crippen LogP contribution >= 0.6 is 23.4 Å². The summed E-state index contributed by atoms with van der Waals surface area (Å²) < 4.78 is 0. The van der Waals surface area contributed by atoms with Gasteiger partial charge in [-0.15, -0.1) is 11.8 Å². The van der Waals surface area contributed by atoms with Gasteiger partial charge in [-0.3, -0.25) is 9.59 Å². The molecule has 2 rings (SSSR count). The van der Waals surface area contributed by atoms with Crippen molar-refractivity contribution in [2.24, 2.45) is 0 Å². The van der Waals surface area contributed by atoms with Crippen molar-refractivity contribution in [3.8, 4) is 0 Å². The van der Waals surface area contributed by atoms with E-state index in [1.165, 1.54) is 0 Å². The van der Waals surface area contributed by atoms with Crippen LogP contribution in [0.2, 0.25) is 5.02 Å². The average molecular weight is 379 g/mol. The molecule has 3 N–H and O–H groups in total. The quantitative estimate of drug-likeness (QED) is 0.532. The summed E-state index contributed by atoms with van der Waals surface area (Å²) in [6.45, 7) is 0.171. The number of benzene rings is 2. The fraction of sp³-hybridized carbons (Fsp3) is 0.222. The van der Waals surface area contributed by atoms with E-state index in [1.54, 1.807) is 54.2 Å². The number of carbonyl (C=O) groups is 2. The molecule has 0 heterocycles. The third-order valence-electron chi connectivity index (χ3n) is 3.47. The zero-order valence-electron chi connectivity index (χ0n) is 13.7. The van der Waals surface area contributed by atoms with Gasteiger partial charge >= 0.3 is 11.8 Å². The summed E-state index contributed by atoms with van der Waals surface area (Å²) in [6, 6.07) is 14.1. The minimum Gasteiger partial charge on any atom is -0.388 e. The number of thioether (sulfide) groups is 1. The first-order chi connectivity index (χ1) is 12.0. The molecule has 0 aromatic heterocycles. The van der Waals surface area contributed by atoms with Gasteiger partial charge in [-0.05, 0) is 48.6 Å². The Bertz CT molecular complexity index is 755. The summed E-state index contributed by atoms with van der Waals surface area (Å²) in [4.78, 5) is 24.7. The van der Waals surface area contributed by atoms with Gasteiger partial charge in [-0.1, -0.05) is 29.8 Å². The van der Waals surface area contributed by atoms with Gasteiger partial charge in [0, 0.05) is 22.2 Å². The lowest BCUT2D eigenvalue weighted by Crippen LogP contribution is -2.36. The molecule has 2 aromatic carbocycles. The Morgan fingerprint density at radius 1 is 1.16 bits per heavy atom. The summed E-state index contributed by atoms with van der Waals surface area (Å²) in [5.41, 5.74) is 1.23. The molecule has 5 nitrogen and oxygen atoms in total. The molecule has 0 bridgehead atoms. The van der Waals surface area contributed by atoms with Crippen LogP contribution in [0.5, 0.6) is 0 Å². The molecule has 0 fully saturated rings. The van der Waals surface area contributed by atoms with Crippen LogP contribution < -0.4 is 10.6 Å². The number of hydrogen-bond acceptors (Lipinski definition) is 4. The zero-order chi connectivity index (χ0) is 18.2. The van der Waals surface area contributed by atoms with Crippen LogP contribution in [-0.4, -0.2) is 29.7 Å². The maximum absolute atomic E-state index is 11.9. The van der Waals surface area contributed by atoms with Crippen molar-refractivity contribution in [1.29, 1.82) is 0 Å². The van der Waals surface area contributed by atoms with Crippen molar-refractivity contribution in [2.45, 2.75) is 17.4 Å². The van der Waals surface area contributed by atoms with E-state index in [4.69, 9.17) is 11.6 Å². The third-order valence-corrected chi connectivity index (χ3v) is 4.43. The maximum Gasteiger partial charge on any atom is 0.313 e. The lowest BCUT2D eigenvalue weighted by Gasteiger charge is -2.12. The van der Waals surface area contributed by atoms with Gasteiger partial charge in [0.25, 0.3) is 0 Å². The largest absolute Gasteiger partial charge is 0.388 e. The Balaban J connectivity index is 1.80. The number of aliphatic hydroxyl groups is 1. The van der Waals surface area contributed by atoms with Crippen LogP contribution in [0.15, 0.2) is 53.4 Å². The maximum atomic E-state index is 11.9. The van der Waals surface area contributed by atoms with Crippen LogP contribution in [-0.2, 0) is 9.59 Å². The number of halogens is 1. The average Bonchev–Trinajstić information content (AvgIpc) is 2.61. The summed E-state index contributed by atoms with van der Waals surface area (Å²) in [5, 5.41) is 15.7. The molecule has 2 amide bonds. The molecule has 132 valence electrons. The summed E-state index contributed by atoms with van der Waals surface area (Å²) in [7, 11) is 0. The lowest BCUT2D eigenvalue weighted by atomic mass is 10.1. The van der Waals surface area contributed by atoms with E-state index >= 15 is 0 Å². The third kappa shape index (κ3) is 6.08. The second kappa shape index (κ2) is 9.46. The molecule has 1 atom stereocenters. The molecule has 25 heavy (non-hydrogen) atoms. The van der Waals surface area contributed by atoms with Gasteiger partial charge in [0.1, 0.15) is 0 Å². The van der Waals surface area contributed by atoms with E-state index < -0.39 is 17.9 Å². The number of nitrogens with one attached hydrogen (secondary N) is 2. The fourth-order valence-electron chi connectivity index (χ4n) is 2.17. The molecule has 7 heteroatoms. The van der Waals surface area contributed by atoms with Crippen LogP contribution in [0.4, 0.5) is 5.69 Å². The van der Waals surface area contributed by atoms with E-state index in [2.05, 4.69) is 10.6 Å². The molecule has 0 saturated carbocycles. The minimum absolute atomic E-state index is 0.171. The highest BCUT2D eigenvalue weighted by molar-refractivity contribution is 7.98. The standard InChI is InChI=1S/C18H19ClN2O3S/c1-25-15-7-3-6-14(11-15)21-18(24)17(23)20-9-8-16(22)12-4-2-5-13(19)10-12/h2-7,10-11,16,22H,8-9H2,1H3,(H,20,23)(H,21,24)/t16-/m1/s1. The normalized spacial score (nSPS) is 11.6. The van der Waals surface area contributed by atoms with Crippen LogP contribution in [0.25, 0.3) is 0 Å². The predicted octanol–water partition coefficient (Wildman–Crippen LogP) is 3.24. The molecular formula is C18H19ClN2O3S. The Morgan fingerprint density at radius 3 is 2.64 bits per heavy atom. The van der Waals surface area contributed by atoms with Crippen molar-refractivity contribution in [2.75, 3.05) is 18.1 Å². The number of carbonyl (C=O) groups excluding carboxylic acids is 2. The van der Waals surface area contributed by atoms with Crippen molar-refractivity contribution in [3.05, 3.63) is 59.1 Å². The van der Waals surface area contributed by atoms with Gasteiger partial charge in [0.05, 0.1) is 6.10 Å².